The first kappa shape index (κ1) is 14.2. The summed E-state index contributed by atoms with van der Waals surface area (Å²) in [5.41, 5.74) is 1.70. The lowest BCUT2D eigenvalue weighted by Crippen LogP contribution is -2.36. The Kier molecular flexibility index (Phi) is 4.14. The molecule has 6 heteroatoms. The normalized spacial score (nSPS) is 10.6. The maximum absolute atomic E-state index is 12.0. The van der Waals surface area contributed by atoms with Gasteiger partial charge in [-0.15, -0.1) is 0 Å². The largest absolute Gasteiger partial charge is 0.352 e. The van der Waals surface area contributed by atoms with Crippen LogP contribution < -0.4 is 16.5 Å². The highest BCUT2D eigenvalue weighted by molar-refractivity contribution is 5.61. The lowest BCUT2D eigenvalue weighted by molar-refractivity contribution is 0.746. The summed E-state index contributed by atoms with van der Waals surface area (Å²) in [6.07, 6.45) is 0.865. The molecule has 0 spiro atoms. The minimum absolute atomic E-state index is 0.247. The summed E-state index contributed by atoms with van der Waals surface area (Å²) >= 11 is 0. The van der Waals surface area contributed by atoms with E-state index in [2.05, 4.69) is 16.9 Å². The number of hydrazine groups is 1. The van der Waals surface area contributed by atoms with Crippen molar-refractivity contribution in [2.24, 2.45) is 12.9 Å². The first-order valence-electron chi connectivity index (χ1n) is 6.64. The van der Waals surface area contributed by atoms with E-state index in [9.17, 15) is 4.79 Å². The fraction of sp³-hybridized carbons (Fsp3) is 0.357. The third kappa shape index (κ3) is 2.55. The smallest absolute Gasteiger partial charge is 0.279 e. The minimum atomic E-state index is -0.361. The molecule has 1 aromatic heterocycles. The molecule has 0 radical (unpaired) electrons. The molecule has 0 unspecified atom stereocenters. The Labute approximate surface area is 117 Å². The zero-order valence-corrected chi connectivity index (χ0v) is 12.0. The minimum Gasteiger partial charge on any atom is -0.279 e. The summed E-state index contributed by atoms with van der Waals surface area (Å²) in [4.78, 5) is 20.3. The highest BCUT2D eigenvalue weighted by Crippen LogP contribution is 2.21. The van der Waals surface area contributed by atoms with Crippen molar-refractivity contribution in [3.8, 4) is 11.4 Å². The summed E-state index contributed by atoms with van der Waals surface area (Å²) in [5, 5.41) is 1.36. The molecule has 0 aliphatic heterocycles. The van der Waals surface area contributed by atoms with E-state index in [0.717, 1.165) is 17.5 Å². The predicted molar refractivity (Wildman–Crippen MR) is 79.3 cm³/mol. The lowest BCUT2D eigenvalue weighted by Gasteiger charge is -2.16. The molecule has 0 bridgehead atoms. The topological polar surface area (TPSA) is 77.0 Å². The fourth-order valence-corrected chi connectivity index (χ4v) is 2.00. The standard InChI is InChI=1S/C14H19N5O/c1-4-10-8-6-7-9-11(10)12-16-13(19(15)5-2)17-14(20)18(12)3/h6-9H,4-5,15H2,1-3H3. The fourth-order valence-electron chi connectivity index (χ4n) is 2.00. The third-order valence-electron chi connectivity index (χ3n) is 3.24. The van der Waals surface area contributed by atoms with Crippen molar-refractivity contribution in [1.82, 2.24) is 14.5 Å². The van der Waals surface area contributed by atoms with Crippen molar-refractivity contribution >= 4 is 5.95 Å². The van der Waals surface area contributed by atoms with Gasteiger partial charge in [-0.05, 0) is 18.9 Å². The highest BCUT2D eigenvalue weighted by atomic mass is 16.1. The number of anilines is 1. The molecule has 0 atom stereocenters. The van der Waals surface area contributed by atoms with Gasteiger partial charge >= 0.3 is 5.69 Å². The average Bonchev–Trinajstić information content (AvgIpc) is 2.49. The molecule has 0 saturated carbocycles. The van der Waals surface area contributed by atoms with Gasteiger partial charge in [-0.25, -0.2) is 10.6 Å². The molecule has 0 amide bonds. The van der Waals surface area contributed by atoms with E-state index in [1.165, 1.54) is 9.58 Å². The van der Waals surface area contributed by atoms with Crippen LogP contribution >= 0.6 is 0 Å². The predicted octanol–water partition coefficient (Wildman–Crippen LogP) is 1.10. The summed E-state index contributed by atoms with van der Waals surface area (Å²) in [6.45, 7) is 4.48. The van der Waals surface area contributed by atoms with E-state index in [4.69, 9.17) is 5.84 Å². The van der Waals surface area contributed by atoms with E-state index in [1.54, 1.807) is 7.05 Å². The number of benzene rings is 1. The molecule has 0 fully saturated rings. The van der Waals surface area contributed by atoms with Crippen LogP contribution in [0.25, 0.3) is 11.4 Å². The zero-order chi connectivity index (χ0) is 14.7. The summed E-state index contributed by atoms with van der Waals surface area (Å²) < 4.78 is 1.45. The average molecular weight is 273 g/mol. The quantitative estimate of drug-likeness (QED) is 0.667. The van der Waals surface area contributed by atoms with Crippen LogP contribution in [0.1, 0.15) is 19.4 Å². The monoisotopic (exact) mass is 273 g/mol. The van der Waals surface area contributed by atoms with Crippen LogP contribution in [-0.2, 0) is 13.5 Å². The van der Waals surface area contributed by atoms with E-state index in [-0.39, 0.29) is 11.6 Å². The van der Waals surface area contributed by atoms with Gasteiger partial charge in [0.25, 0.3) is 0 Å². The van der Waals surface area contributed by atoms with Gasteiger partial charge in [0.1, 0.15) is 5.82 Å². The molecular weight excluding hydrogens is 254 g/mol. The second-order valence-electron chi connectivity index (χ2n) is 4.49. The van der Waals surface area contributed by atoms with Crippen LogP contribution in [0.15, 0.2) is 29.1 Å². The molecule has 0 saturated heterocycles. The Morgan fingerprint density at radius 2 is 1.95 bits per heavy atom. The highest BCUT2D eigenvalue weighted by Gasteiger charge is 2.14. The van der Waals surface area contributed by atoms with Gasteiger partial charge in [0.05, 0.1) is 0 Å². The molecule has 106 valence electrons. The Hall–Kier alpha value is -2.21. The molecule has 2 N–H and O–H groups in total. The molecule has 20 heavy (non-hydrogen) atoms. The Morgan fingerprint density at radius 1 is 1.25 bits per heavy atom. The van der Waals surface area contributed by atoms with Crippen LogP contribution in [0.4, 0.5) is 5.95 Å². The van der Waals surface area contributed by atoms with Gasteiger partial charge < -0.3 is 0 Å². The van der Waals surface area contributed by atoms with E-state index in [1.807, 2.05) is 31.2 Å². The maximum Gasteiger partial charge on any atom is 0.352 e. The van der Waals surface area contributed by atoms with Crippen molar-refractivity contribution in [3.63, 3.8) is 0 Å². The van der Waals surface area contributed by atoms with Crippen molar-refractivity contribution < 1.29 is 0 Å². The van der Waals surface area contributed by atoms with Crippen LogP contribution in [0.2, 0.25) is 0 Å². The summed E-state index contributed by atoms with van der Waals surface area (Å²) in [5.74, 6) is 6.62. The number of aryl methyl sites for hydroxylation is 1. The summed E-state index contributed by atoms with van der Waals surface area (Å²) in [7, 11) is 1.67. The third-order valence-corrected chi connectivity index (χ3v) is 3.24. The van der Waals surface area contributed by atoms with Gasteiger partial charge in [-0.2, -0.15) is 9.97 Å². The number of rotatable bonds is 4. The van der Waals surface area contributed by atoms with Crippen LogP contribution in [-0.4, -0.2) is 21.1 Å². The van der Waals surface area contributed by atoms with Crippen LogP contribution in [0.3, 0.4) is 0 Å². The Bertz CT molecular complexity index is 665. The molecule has 0 aliphatic carbocycles. The molecule has 2 rings (SSSR count). The van der Waals surface area contributed by atoms with Gasteiger partial charge in [0.2, 0.25) is 5.95 Å². The number of nitrogens with zero attached hydrogens (tertiary/aromatic N) is 4. The number of hydrogen-bond donors (Lipinski definition) is 1. The molecular formula is C14H19N5O. The van der Waals surface area contributed by atoms with Gasteiger partial charge in [0.15, 0.2) is 0 Å². The molecule has 1 heterocycles. The summed E-state index contributed by atoms with van der Waals surface area (Å²) in [6, 6.07) is 7.89. The van der Waals surface area contributed by atoms with E-state index >= 15 is 0 Å². The second kappa shape index (κ2) is 5.83. The van der Waals surface area contributed by atoms with Crippen molar-refractivity contribution in [2.75, 3.05) is 11.6 Å². The number of hydrogen-bond acceptors (Lipinski definition) is 5. The molecule has 1 aromatic carbocycles. The van der Waals surface area contributed by atoms with Gasteiger partial charge in [0, 0.05) is 19.2 Å². The maximum atomic E-state index is 12.0. The van der Waals surface area contributed by atoms with Crippen LogP contribution in [0.5, 0.6) is 0 Å². The first-order valence-corrected chi connectivity index (χ1v) is 6.64. The lowest BCUT2D eigenvalue weighted by atomic mass is 10.0. The zero-order valence-electron chi connectivity index (χ0n) is 12.0. The van der Waals surface area contributed by atoms with E-state index < -0.39 is 0 Å². The number of nitrogens with two attached hydrogens (primary N) is 1. The van der Waals surface area contributed by atoms with Gasteiger partial charge in [-0.3, -0.25) is 9.58 Å². The van der Waals surface area contributed by atoms with Crippen molar-refractivity contribution in [2.45, 2.75) is 20.3 Å². The molecule has 2 aromatic rings. The number of aromatic nitrogens is 3. The molecule has 0 aliphatic rings. The SMILES string of the molecule is CCc1ccccc1-c1nc(N(N)CC)nc(=O)n1C. The van der Waals surface area contributed by atoms with E-state index in [0.29, 0.717) is 12.4 Å². The van der Waals surface area contributed by atoms with Gasteiger partial charge in [-0.1, -0.05) is 31.2 Å². The molecule has 6 nitrogen and oxygen atoms in total. The van der Waals surface area contributed by atoms with Crippen molar-refractivity contribution in [1.29, 1.82) is 0 Å². The Morgan fingerprint density at radius 3 is 2.60 bits per heavy atom. The Balaban J connectivity index is 2.67. The first-order chi connectivity index (χ1) is 9.58. The van der Waals surface area contributed by atoms with Crippen LogP contribution in [0, 0.1) is 0 Å². The van der Waals surface area contributed by atoms with Crippen molar-refractivity contribution in [3.05, 3.63) is 40.3 Å². The second-order valence-corrected chi connectivity index (χ2v) is 4.49.